The molecular weight excluding hydrogens is 190 g/mol. The first-order valence-electron chi connectivity index (χ1n) is 5.13. The smallest absolute Gasteiger partial charge is 0.239 e. The molecule has 15 heavy (non-hydrogen) atoms. The predicted molar refractivity (Wildman–Crippen MR) is 60.7 cm³/mol. The van der Waals surface area contributed by atoms with Gasteiger partial charge in [0.25, 0.3) is 0 Å². The Morgan fingerprint density at radius 1 is 1.33 bits per heavy atom. The molecule has 1 aromatic carbocycles. The maximum Gasteiger partial charge on any atom is 0.239 e. The number of carbonyl (C=O) groups excluding carboxylic acids is 1. The third-order valence-electron chi connectivity index (χ3n) is 2.54. The first-order valence-corrected chi connectivity index (χ1v) is 5.13. The van der Waals surface area contributed by atoms with Gasteiger partial charge in [-0.05, 0) is 18.6 Å². The van der Waals surface area contributed by atoms with E-state index in [2.05, 4.69) is 5.32 Å². The van der Waals surface area contributed by atoms with Crippen molar-refractivity contribution in [3.63, 3.8) is 0 Å². The lowest BCUT2D eigenvalue weighted by Crippen LogP contribution is -2.33. The van der Waals surface area contributed by atoms with Crippen molar-refractivity contribution in [1.29, 1.82) is 0 Å². The van der Waals surface area contributed by atoms with Crippen molar-refractivity contribution in [1.82, 2.24) is 5.32 Å². The predicted octanol–water partition coefficient (Wildman–Crippen LogP) is 0.595. The number of nitrogens with two attached hydrogens (primary N) is 1. The summed E-state index contributed by atoms with van der Waals surface area (Å²) >= 11 is 0. The third kappa shape index (κ3) is 2.21. The van der Waals surface area contributed by atoms with E-state index in [1.54, 1.807) is 0 Å². The minimum absolute atomic E-state index is 0.0655. The molecule has 1 aliphatic heterocycles. The van der Waals surface area contributed by atoms with Crippen LogP contribution in [0.25, 0.3) is 0 Å². The van der Waals surface area contributed by atoms with Crippen molar-refractivity contribution in [2.45, 2.75) is 6.42 Å². The van der Waals surface area contributed by atoms with Crippen LogP contribution >= 0.6 is 0 Å². The maximum absolute atomic E-state index is 11.4. The molecule has 1 aromatic rings. The topological polar surface area (TPSA) is 58.4 Å². The van der Waals surface area contributed by atoms with E-state index in [0.29, 0.717) is 6.54 Å². The van der Waals surface area contributed by atoms with Crippen LogP contribution in [0.1, 0.15) is 6.42 Å². The summed E-state index contributed by atoms with van der Waals surface area (Å²) in [5.41, 5.74) is 7.56. The number of para-hydroxylation sites is 2. The van der Waals surface area contributed by atoms with Gasteiger partial charge < -0.3 is 16.0 Å². The summed E-state index contributed by atoms with van der Waals surface area (Å²) in [7, 11) is 0. The molecule has 3 N–H and O–H groups in total. The van der Waals surface area contributed by atoms with E-state index in [1.165, 1.54) is 0 Å². The lowest BCUT2D eigenvalue weighted by atomic mass is 10.2. The van der Waals surface area contributed by atoms with E-state index in [0.717, 1.165) is 30.9 Å². The van der Waals surface area contributed by atoms with Crippen LogP contribution in [-0.4, -0.2) is 25.5 Å². The van der Waals surface area contributed by atoms with Gasteiger partial charge in [-0.15, -0.1) is 0 Å². The molecule has 80 valence electrons. The van der Waals surface area contributed by atoms with Gasteiger partial charge in [0.2, 0.25) is 5.91 Å². The molecule has 4 nitrogen and oxygen atoms in total. The van der Waals surface area contributed by atoms with Gasteiger partial charge in [0.1, 0.15) is 0 Å². The van der Waals surface area contributed by atoms with Crippen molar-refractivity contribution < 1.29 is 4.79 Å². The highest BCUT2D eigenvalue weighted by atomic mass is 16.2. The summed E-state index contributed by atoms with van der Waals surface area (Å²) in [6.45, 7) is 2.02. The molecule has 0 aliphatic carbocycles. The number of hydrogen-bond donors (Lipinski definition) is 2. The zero-order chi connectivity index (χ0) is 10.7. The molecule has 0 bridgehead atoms. The second-order valence-electron chi connectivity index (χ2n) is 3.68. The molecular formula is C11H15N3O. The molecule has 0 unspecified atom stereocenters. The summed E-state index contributed by atoms with van der Waals surface area (Å²) in [6, 6.07) is 7.65. The Morgan fingerprint density at radius 3 is 2.93 bits per heavy atom. The number of nitrogen functional groups attached to an aromatic ring is 1. The van der Waals surface area contributed by atoms with E-state index >= 15 is 0 Å². The van der Waals surface area contributed by atoms with Crippen molar-refractivity contribution >= 4 is 17.3 Å². The molecule has 1 aliphatic rings. The summed E-state index contributed by atoms with van der Waals surface area (Å²) < 4.78 is 0. The zero-order valence-electron chi connectivity index (χ0n) is 8.57. The van der Waals surface area contributed by atoms with Crippen LogP contribution in [0.5, 0.6) is 0 Å². The average molecular weight is 205 g/mol. The summed E-state index contributed by atoms with van der Waals surface area (Å²) in [5, 5.41) is 2.84. The molecule has 1 fully saturated rings. The number of nitrogens with one attached hydrogen (secondary N) is 1. The lowest BCUT2D eigenvalue weighted by molar-refractivity contribution is -0.119. The molecule has 0 atom stereocenters. The van der Waals surface area contributed by atoms with Gasteiger partial charge in [-0.2, -0.15) is 0 Å². The Labute approximate surface area is 89.1 Å². The van der Waals surface area contributed by atoms with E-state index in [4.69, 9.17) is 5.73 Å². The fraction of sp³-hybridized carbons (Fsp3) is 0.364. The van der Waals surface area contributed by atoms with Crippen molar-refractivity contribution in [2.24, 2.45) is 0 Å². The number of anilines is 2. The molecule has 0 saturated carbocycles. The number of nitrogens with zero attached hydrogens (tertiary/aromatic N) is 1. The number of hydrogen-bond acceptors (Lipinski definition) is 3. The standard InChI is InChI=1S/C11H15N3O/c12-9-4-1-2-5-10(9)14-7-3-6-13-11(15)8-14/h1-2,4-5H,3,6-8,12H2,(H,13,15). The quantitative estimate of drug-likeness (QED) is 0.660. The van der Waals surface area contributed by atoms with Crippen molar-refractivity contribution in [3.05, 3.63) is 24.3 Å². The number of amides is 1. The summed E-state index contributed by atoms with van der Waals surface area (Å²) in [4.78, 5) is 13.4. The number of benzene rings is 1. The second kappa shape index (κ2) is 4.21. The zero-order valence-corrected chi connectivity index (χ0v) is 8.57. The Hall–Kier alpha value is -1.71. The fourth-order valence-corrected chi connectivity index (χ4v) is 1.79. The van der Waals surface area contributed by atoms with Crippen LogP contribution in [0.15, 0.2) is 24.3 Å². The van der Waals surface area contributed by atoms with Gasteiger partial charge in [0, 0.05) is 13.1 Å². The first-order chi connectivity index (χ1) is 7.27. The van der Waals surface area contributed by atoms with Gasteiger partial charge in [0.05, 0.1) is 17.9 Å². The molecule has 0 spiro atoms. The van der Waals surface area contributed by atoms with Crippen LogP contribution < -0.4 is 16.0 Å². The highest BCUT2D eigenvalue weighted by Gasteiger charge is 2.16. The highest BCUT2D eigenvalue weighted by Crippen LogP contribution is 2.22. The van der Waals surface area contributed by atoms with E-state index < -0.39 is 0 Å². The minimum Gasteiger partial charge on any atom is -0.397 e. The fourth-order valence-electron chi connectivity index (χ4n) is 1.79. The Kier molecular flexibility index (Phi) is 2.76. The number of carbonyl (C=O) groups is 1. The Morgan fingerprint density at radius 2 is 2.13 bits per heavy atom. The van der Waals surface area contributed by atoms with Crippen LogP contribution in [0.3, 0.4) is 0 Å². The molecule has 2 rings (SSSR count). The summed E-state index contributed by atoms with van der Waals surface area (Å²) in [5.74, 6) is 0.0655. The molecule has 1 saturated heterocycles. The third-order valence-corrected chi connectivity index (χ3v) is 2.54. The van der Waals surface area contributed by atoms with Gasteiger partial charge in [-0.1, -0.05) is 12.1 Å². The molecule has 1 heterocycles. The maximum atomic E-state index is 11.4. The van der Waals surface area contributed by atoms with E-state index in [-0.39, 0.29) is 5.91 Å². The van der Waals surface area contributed by atoms with Crippen molar-refractivity contribution in [3.8, 4) is 0 Å². The van der Waals surface area contributed by atoms with Gasteiger partial charge >= 0.3 is 0 Å². The molecule has 1 amide bonds. The monoisotopic (exact) mass is 205 g/mol. The SMILES string of the molecule is Nc1ccccc1N1CCCNC(=O)C1. The molecule has 0 aromatic heterocycles. The Bertz CT molecular complexity index is 365. The van der Waals surface area contributed by atoms with Crippen LogP contribution in [0.4, 0.5) is 11.4 Å². The van der Waals surface area contributed by atoms with Gasteiger partial charge in [-0.25, -0.2) is 0 Å². The lowest BCUT2D eigenvalue weighted by Gasteiger charge is -2.22. The van der Waals surface area contributed by atoms with Gasteiger partial charge in [-0.3, -0.25) is 4.79 Å². The Balaban J connectivity index is 2.22. The van der Waals surface area contributed by atoms with Crippen LogP contribution in [0, 0.1) is 0 Å². The summed E-state index contributed by atoms with van der Waals surface area (Å²) in [6.07, 6.45) is 0.958. The van der Waals surface area contributed by atoms with Crippen molar-refractivity contribution in [2.75, 3.05) is 30.3 Å². The average Bonchev–Trinajstić information content (AvgIpc) is 2.43. The second-order valence-corrected chi connectivity index (χ2v) is 3.68. The van der Waals surface area contributed by atoms with E-state index in [1.807, 2.05) is 29.2 Å². The van der Waals surface area contributed by atoms with Gasteiger partial charge in [0.15, 0.2) is 0 Å². The van der Waals surface area contributed by atoms with E-state index in [9.17, 15) is 4.79 Å². The first kappa shape index (κ1) is 9.83. The minimum atomic E-state index is 0.0655. The number of rotatable bonds is 1. The van der Waals surface area contributed by atoms with Crippen LogP contribution in [0.2, 0.25) is 0 Å². The molecule has 0 radical (unpaired) electrons. The van der Waals surface area contributed by atoms with Crippen LogP contribution in [-0.2, 0) is 4.79 Å². The normalized spacial score (nSPS) is 17.1. The largest absolute Gasteiger partial charge is 0.397 e. The highest BCUT2D eigenvalue weighted by molar-refractivity contribution is 5.83. The molecule has 4 heteroatoms.